The smallest absolute Gasteiger partial charge is 0.300 e. The molecule has 0 bridgehead atoms. The molecule has 0 radical (unpaired) electrons. The number of hydrogen-bond donors (Lipinski definition) is 2. The lowest BCUT2D eigenvalue weighted by atomic mass is 9.97. The molecular weight excluding hydrogens is 449 g/mol. The Morgan fingerprint density at radius 2 is 1.79 bits per heavy atom. The lowest BCUT2D eigenvalue weighted by Crippen LogP contribution is -2.29. The number of aliphatic hydroxyl groups excluding tert-OH is 1. The van der Waals surface area contributed by atoms with E-state index in [9.17, 15) is 27.5 Å². The SMILES string of the molecule is Cc1cc(/C(O)=C2\C(=O)C(=O)N(c3ccc(S(N)(=O)=O)cc3)C2c2ccccn2)ccc1F. The fourth-order valence-corrected chi connectivity index (χ4v) is 4.18. The number of primary sulfonamides is 1. The van der Waals surface area contributed by atoms with E-state index in [1.165, 1.54) is 49.5 Å². The number of aromatic nitrogens is 1. The van der Waals surface area contributed by atoms with E-state index in [0.717, 1.165) is 11.0 Å². The van der Waals surface area contributed by atoms with Crippen LogP contribution in [0.2, 0.25) is 0 Å². The molecule has 0 spiro atoms. The summed E-state index contributed by atoms with van der Waals surface area (Å²) in [5.41, 5.74) is 0.695. The van der Waals surface area contributed by atoms with Crippen molar-refractivity contribution in [2.45, 2.75) is 17.9 Å². The molecule has 1 aliphatic heterocycles. The van der Waals surface area contributed by atoms with Gasteiger partial charge in [-0.3, -0.25) is 19.5 Å². The monoisotopic (exact) mass is 467 g/mol. The minimum atomic E-state index is -3.96. The van der Waals surface area contributed by atoms with Crippen LogP contribution in [-0.4, -0.2) is 30.2 Å². The van der Waals surface area contributed by atoms with Crippen LogP contribution in [0.3, 0.4) is 0 Å². The Bertz CT molecular complexity index is 1400. The summed E-state index contributed by atoms with van der Waals surface area (Å²) in [6, 6.07) is 12.7. The van der Waals surface area contributed by atoms with Crippen molar-refractivity contribution < 1.29 is 27.5 Å². The van der Waals surface area contributed by atoms with Crippen molar-refractivity contribution in [3.8, 4) is 0 Å². The fourth-order valence-electron chi connectivity index (χ4n) is 3.66. The van der Waals surface area contributed by atoms with Crippen molar-refractivity contribution in [2.24, 2.45) is 5.14 Å². The van der Waals surface area contributed by atoms with Gasteiger partial charge in [0.1, 0.15) is 17.6 Å². The molecule has 4 rings (SSSR count). The quantitative estimate of drug-likeness (QED) is 0.345. The van der Waals surface area contributed by atoms with Crippen LogP contribution in [-0.2, 0) is 19.6 Å². The van der Waals surface area contributed by atoms with Gasteiger partial charge in [0.2, 0.25) is 10.0 Å². The van der Waals surface area contributed by atoms with Crippen LogP contribution >= 0.6 is 0 Å². The predicted octanol–water partition coefficient (Wildman–Crippen LogP) is 2.80. The first-order chi connectivity index (χ1) is 15.6. The topological polar surface area (TPSA) is 131 Å². The minimum Gasteiger partial charge on any atom is -0.507 e. The number of rotatable bonds is 4. The average molecular weight is 467 g/mol. The summed E-state index contributed by atoms with van der Waals surface area (Å²) >= 11 is 0. The number of ketones is 1. The van der Waals surface area contributed by atoms with Gasteiger partial charge in [0.25, 0.3) is 11.7 Å². The second kappa shape index (κ2) is 8.23. The van der Waals surface area contributed by atoms with Gasteiger partial charge in [0.05, 0.1) is 16.2 Å². The number of nitrogens with zero attached hydrogens (tertiary/aromatic N) is 2. The third-order valence-corrected chi connectivity index (χ3v) is 6.22. The number of halogens is 1. The first-order valence-electron chi connectivity index (χ1n) is 9.71. The number of anilines is 1. The van der Waals surface area contributed by atoms with Crippen LogP contribution in [0.25, 0.3) is 5.76 Å². The molecule has 3 aromatic rings. The highest BCUT2D eigenvalue weighted by Crippen LogP contribution is 2.41. The molecule has 0 aliphatic carbocycles. The molecule has 3 N–H and O–H groups in total. The third kappa shape index (κ3) is 4.01. The van der Waals surface area contributed by atoms with Gasteiger partial charge in [-0.15, -0.1) is 0 Å². The zero-order valence-corrected chi connectivity index (χ0v) is 18.1. The fraction of sp³-hybridized carbons (Fsp3) is 0.0870. The highest BCUT2D eigenvalue weighted by molar-refractivity contribution is 7.89. The summed E-state index contributed by atoms with van der Waals surface area (Å²) in [4.78, 5) is 31.3. The van der Waals surface area contributed by atoms with E-state index in [0.29, 0.717) is 5.69 Å². The highest BCUT2D eigenvalue weighted by Gasteiger charge is 2.47. The standard InChI is InChI=1S/C23H18FN3O5S/c1-13-12-14(5-10-17(13)24)21(28)19-20(18-4-2-3-11-26-18)27(23(30)22(19)29)15-6-8-16(9-7-15)33(25,31)32/h2-12,20,28H,1H3,(H2,25,31,32)/b21-19+. The van der Waals surface area contributed by atoms with Gasteiger partial charge in [-0.25, -0.2) is 17.9 Å². The van der Waals surface area contributed by atoms with Crippen molar-refractivity contribution in [2.75, 3.05) is 4.90 Å². The zero-order chi connectivity index (χ0) is 23.9. The van der Waals surface area contributed by atoms with E-state index in [1.54, 1.807) is 18.2 Å². The molecule has 2 heterocycles. The molecule has 10 heteroatoms. The number of benzene rings is 2. The van der Waals surface area contributed by atoms with Crippen LogP contribution in [0.1, 0.15) is 22.9 Å². The molecule has 1 unspecified atom stereocenters. The molecule has 33 heavy (non-hydrogen) atoms. The summed E-state index contributed by atoms with van der Waals surface area (Å²) in [5.74, 6) is -2.85. The van der Waals surface area contributed by atoms with E-state index < -0.39 is 39.3 Å². The predicted molar refractivity (Wildman–Crippen MR) is 118 cm³/mol. The van der Waals surface area contributed by atoms with Gasteiger partial charge in [0.15, 0.2) is 0 Å². The number of pyridine rings is 1. The van der Waals surface area contributed by atoms with E-state index in [2.05, 4.69) is 4.98 Å². The lowest BCUT2D eigenvalue weighted by molar-refractivity contribution is -0.132. The molecule has 1 aliphatic rings. The lowest BCUT2D eigenvalue weighted by Gasteiger charge is -2.24. The van der Waals surface area contributed by atoms with Crippen molar-refractivity contribution in [3.63, 3.8) is 0 Å². The molecule has 168 valence electrons. The number of amides is 1. The summed E-state index contributed by atoms with van der Waals surface area (Å²) < 4.78 is 36.9. The number of aryl methyl sites for hydroxylation is 1. The number of aliphatic hydroxyl groups is 1. The molecule has 1 saturated heterocycles. The molecule has 1 atom stereocenters. The van der Waals surface area contributed by atoms with E-state index in [1.807, 2.05) is 0 Å². The molecule has 1 aromatic heterocycles. The van der Waals surface area contributed by atoms with Gasteiger partial charge in [-0.2, -0.15) is 0 Å². The van der Waals surface area contributed by atoms with Crippen molar-refractivity contribution in [3.05, 3.63) is 95.1 Å². The zero-order valence-electron chi connectivity index (χ0n) is 17.3. The normalized spacial score (nSPS) is 18.0. The number of Topliss-reactive ketones (excluding diaryl/α,β-unsaturated/α-hetero) is 1. The molecule has 2 aromatic carbocycles. The van der Waals surface area contributed by atoms with Crippen LogP contribution in [0.5, 0.6) is 0 Å². The van der Waals surface area contributed by atoms with Crippen molar-refractivity contribution in [1.82, 2.24) is 4.98 Å². The third-order valence-electron chi connectivity index (χ3n) is 5.29. The number of nitrogens with two attached hydrogens (primary N) is 1. The van der Waals surface area contributed by atoms with Crippen molar-refractivity contribution in [1.29, 1.82) is 0 Å². The molecule has 8 nitrogen and oxygen atoms in total. The summed E-state index contributed by atoms with van der Waals surface area (Å²) in [6.07, 6.45) is 1.47. The first-order valence-corrected chi connectivity index (χ1v) is 11.3. The molecule has 1 fully saturated rings. The largest absolute Gasteiger partial charge is 0.507 e. The Hall–Kier alpha value is -3.89. The number of carbonyl (C=O) groups excluding carboxylic acids is 2. The number of sulfonamides is 1. The van der Waals surface area contributed by atoms with Gasteiger partial charge < -0.3 is 5.11 Å². The molecule has 1 amide bonds. The minimum absolute atomic E-state index is 0.164. The average Bonchev–Trinajstić information content (AvgIpc) is 3.06. The Kier molecular flexibility index (Phi) is 5.56. The molecular formula is C23H18FN3O5S. The maximum absolute atomic E-state index is 13.7. The Morgan fingerprint density at radius 1 is 1.09 bits per heavy atom. The van der Waals surface area contributed by atoms with E-state index in [4.69, 9.17) is 5.14 Å². The maximum Gasteiger partial charge on any atom is 0.300 e. The van der Waals surface area contributed by atoms with Crippen molar-refractivity contribution >= 4 is 33.2 Å². The summed E-state index contributed by atoms with van der Waals surface area (Å²) in [6.45, 7) is 1.51. The van der Waals surface area contributed by atoms with Gasteiger partial charge in [-0.05, 0) is 67.1 Å². The van der Waals surface area contributed by atoms with Crippen LogP contribution in [0, 0.1) is 12.7 Å². The van der Waals surface area contributed by atoms with Crippen LogP contribution in [0.15, 0.2) is 77.3 Å². The van der Waals surface area contributed by atoms with Gasteiger partial charge in [0, 0.05) is 17.4 Å². The molecule has 0 saturated carbocycles. The highest BCUT2D eigenvalue weighted by atomic mass is 32.2. The summed E-state index contributed by atoms with van der Waals surface area (Å²) in [5, 5.41) is 16.1. The Balaban J connectivity index is 1.92. The van der Waals surface area contributed by atoms with E-state index >= 15 is 0 Å². The van der Waals surface area contributed by atoms with Gasteiger partial charge >= 0.3 is 0 Å². The Morgan fingerprint density at radius 3 is 2.36 bits per heavy atom. The number of carbonyl (C=O) groups is 2. The van der Waals surface area contributed by atoms with Crippen LogP contribution in [0.4, 0.5) is 10.1 Å². The Labute approximate surface area is 188 Å². The second-order valence-corrected chi connectivity index (χ2v) is 8.99. The first kappa shape index (κ1) is 22.3. The summed E-state index contributed by atoms with van der Waals surface area (Å²) in [7, 11) is -3.96. The van der Waals surface area contributed by atoms with Gasteiger partial charge in [-0.1, -0.05) is 6.07 Å². The van der Waals surface area contributed by atoms with E-state index in [-0.39, 0.29) is 27.3 Å². The number of hydrogen-bond acceptors (Lipinski definition) is 6. The van der Waals surface area contributed by atoms with Crippen LogP contribution < -0.4 is 10.0 Å². The maximum atomic E-state index is 13.7. The second-order valence-electron chi connectivity index (χ2n) is 7.43.